The average molecular weight is 778 g/mol. The van der Waals surface area contributed by atoms with Gasteiger partial charge in [0.2, 0.25) is 11.5 Å². The van der Waals surface area contributed by atoms with E-state index in [-0.39, 0.29) is 23.2 Å². The number of benzene rings is 4. The fourth-order valence-electron chi connectivity index (χ4n) is 6.87. The van der Waals surface area contributed by atoms with Gasteiger partial charge in [0.1, 0.15) is 22.8 Å². The zero-order valence-electron chi connectivity index (χ0n) is 29.0. The summed E-state index contributed by atoms with van der Waals surface area (Å²) in [5, 5.41) is 20.4. The fourth-order valence-corrected chi connectivity index (χ4v) is 7.53. The molecule has 0 atom stereocenters. The van der Waals surface area contributed by atoms with Crippen molar-refractivity contribution < 1.29 is 37.4 Å². The van der Waals surface area contributed by atoms with Crippen LogP contribution in [0.1, 0.15) is 32.2 Å². The highest BCUT2D eigenvalue weighted by atomic mass is 35.5. The molecule has 2 aliphatic heterocycles. The third kappa shape index (κ3) is 8.32. The van der Waals surface area contributed by atoms with Crippen LogP contribution in [0.25, 0.3) is 21.9 Å². The van der Waals surface area contributed by atoms with E-state index in [4.69, 9.17) is 42.2 Å². The Bertz CT molecular complexity index is 2300. The Kier molecular flexibility index (Phi) is 11.1. The minimum absolute atomic E-state index is 0.117. The number of hydrogen-bond acceptors (Lipinski definition) is 8. The van der Waals surface area contributed by atoms with Gasteiger partial charge in [-0.15, -0.1) is 0 Å². The smallest absolute Gasteiger partial charge is 0.371 e. The van der Waals surface area contributed by atoms with Crippen LogP contribution >= 0.6 is 23.2 Å². The Balaban J connectivity index is 0.000000167. The first-order valence-corrected chi connectivity index (χ1v) is 18.1. The number of carboxylic acids is 2. The molecule has 280 valence electrons. The Morgan fingerprint density at radius 3 is 1.48 bits per heavy atom. The monoisotopic (exact) mass is 776 g/mol. The van der Waals surface area contributed by atoms with Crippen LogP contribution in [0.5, 0.6) is 0 Å². The number of halogens is 4. The van der Waals surface area contributed by atoms with Crippen molar-refractivity contribution in [2.24, 2.45) is 0 Å². The van der Waals surface area contributed by atoms with Gasteiger partial charge in [-0.25, -0.2) is 18.4 Å². The standard InChI is InChI=1S/2C20H18ClFN2O3/c21-19-15-11-18(20(25)26)27-17(15)6-5-16(19)24-9-7-23(8-10-24)12-13-1-3-14(22)4-2-13;21-19-15-11-18(20(25)26)27-17(15)5-4-16(19)24-8-6-23(7-9-24)12-13-2-1-3-14(22)10-13/h1-6,11H,7-10,12H2,(H,25,26);1-5,10-11H,6-9,12H2,(H,25,26). The highest BCUT2D eigenvalue weighted by Gasteiger charge is 2.24. The van der Waals surface area contributed by atoms with Gasteiger partial charge in [-0.3, -0.25) is 9.80 Å². The molecule has 2 N–H and O–H groups in total. The first-order valence-electron chi connectivity index (χ1n) is 17.4. The number of rotatable bonds is 8. The van der Waals surface area contributed by atoms with Gasteiger partial charge in [0, 0.05) is 88.4 Å². The van der Waals surface area contributed by atoms with E-state index in [1.54, 1.807) is 24.3 Å². The first-order chi connectivity index (χ1) is 26.0. The Morgan fingerprint density at radius 2 is 1.04 bits per heavy atom. The summed E-state index contributed by atoms with van der Waals surface area (Å²) in [4.78, 5) is 31.2. The van der Waals surface area contributed by atoms with Crippen molar-refractivity contribution in [3.63, 3.8) is 0 Å². The zero-order chi connectivity index (χ0) is 37.9. The van der Waals surface area contributed by atoms with E-state index in [1.807, 2.05) is 30.3 Å². The predicted octanol–water partition coefficient (Wildman–Crippen LogP) is 8.49. The van der Waals surface area contributed by atoms with Gasteiger partial charge in [-0.1, -0.05) is 47.5 Å². The van der Waals surface area contributed by atoms with Crippen LogP contribution in [0.3, 0.4) is 0 Å². The number of furan rings is 2. The number of carbonyl (C=O) groups is 2. The SMILES string of the molecule is O=C(O)c1cc2c(Cl)c(N3CCN(Cc4ccc(F)cc4)CC3)ccc2o1.O=C(O)c1cc2c(Cl)c(N3CCN(Cc4cccc(F)c4)CC3)ccc2o1. The lowest BCUT2D eigenvalue weighted by molar-refractivity contribution is 0.0655. The molecule has 14 heteroatoms. The first kappa shape index (κ1) is 37.2. The van der Waals surface area contributed by atoms with Crippen molar-refractivity contribution in [2.75, 3.05) is 62.2 Å². The van der Waals surface area contributed by atoms with E-state index in [1.165, 1.54) is 30.3 Å². The molecule has 4 heterocycles. The molecule has 4 aromatic carbocycles. The van der Waals surface area contributed by atoms with Gasteiger partial charge < -0.3 is 28.8 Å². The van der Waals surface area contributed by atoms with Crippen molar-refractivity contribution in [1.29, 1.82) is 0 Å². The van der Waals surface area contributed by atoms with Crippen molar-refractivity contribution >= 4 is 68.5 Å². The van der Waals surface area contributed by atoms with Crippen LogP contribution < -0.4 is 9.80 Å². The summed E-state index contributed by atoms with van der Waals surface area (Å²) in [6.07, 6.45) is 0. The second-order valence-electron chi connectivity index (χ2n) is 13.2. The Morgan fingerprint density at radius 1 is 0.574 bits per heavy atom. The van der Waals surface area contributed by atoms with E-state index in [0.717, 1.165) is 81.4 Å². The lowest BCUT2D eigenvalue weighted by Crippen LogP contribution is -2.46. The van der Waals surface area contributed by atoms with Crippen LogP contribution in [0.15, 0.2) is 93.8 Å². The quantitative estimate of drug-likeness (QED) is 0.156. The molecule has 10 nitrogen and oxygen atoms in total. The number of piperazine rings is 2. The molecular weight excluding hydrogens is 741 g/mol. The third-order valence-electron chi connectivity index (χ3n) is 9.69. The molecule has 0 saturated carbocycles. The maximum atomic E-state index is 13.3. The largest absolute Gasteiger partial charge is 0.475 e. The second-order valence-corrected chi connectivity index (χ2v) is 14.0. The molecule has 8 rings (SSSR count). The van der Waals surface area contributed by atoms with Crippen LogP contribution in [0.2, 0.25) is 10.0 Å². The third-order valence-corrected chi connectivity index (χ3v) is 10.5. The molecule has 2 fully saturated rings. The predicted molar refractivity (Wildman–Crippen MR) is 204 cm³/mol. The van der Waals surface area contributed by atoms with Crippen LogP contribution in [-0.4, -0.2) is 84.3 Å². The number of anilines is 2. The van der Waals surface area contributed by atoms with E-state index in [9.17, 15) is 18.4 Å². The minimum atomic E-state index is -1.12. The number of aromatic carboxylic acids is 2. The Labute approximate surface area is 319 Å². The summed E-state index contributed by atoms with van der Waals surface area (Å²) in [7, 11) is 0. The fraction of sp³-hybridized carbons (Fsp3) is 0.250. The highest BCUT2D eigenvalue weighted by molar-refractivity contribution is 6.38. The number of carboxylic acid groups (broad SMARTS) is 2. The summed E-state index contributed by atoms with van der Waals surface area (Å²) < 4.78 is 37.0. The number of hydrogen-bond donors (Lipinski definition) is 2. The molecule has 0 bridgehead atoms. The molecule has 2 aliphatic rings. The van der Waals surface area contributed by atoms with Gasteiger partial charge in [0.15, 0.2) is 0 Å². The molecule has 0 aliphatic carbocycles. The molecule has 0 spiro atoms. The lowest BCUT2D eigenvalue weighted by Gasteiger charge is -2.36. The van der Waals surface area contributed by atoms with Gasteiger partial charge in [0.25, 0.3) is 0 Å². The maximum Gasteiger partial charge on any atom is 0.371 e. The van der Waals surface area contributed by atoms with E-state index in [0.29, 0.717) is 38.5 Å². The van der Waals surface area contributed by atoms with Crippen molar-refractivity contribution in [1.82, 2.24) is 9.80 Å². The average Bonchev–Trinajstić information content (AvgIpc) is 3.81. The molecule has 2 saturated heterocycles. The Hall–Kier alpha value is -5.14. The molecule has 54 heavy (non-hydrogen) atoms. The van der Waals surface area contributed by atoms with Crippen molar-refractivity contribution in [2.45, 2.75) is 13.1 Å². The second kappa shape index (κ2) is 16.1. The molecule has 0 unspecified atom stereocenters. The summed E-state index contributed by atoms with van der Waals surface area (Å²) in [6.45, 7) is 8.04. The number of nitrogens with zero attached hydrogens (tertiary/aromatic N) is 4. The van der Waals surface area contributed by atoms with Gasteiger partial charge in [-0.05, 0) is 59.7 Å². The summed E-state index contributed by atoms with van der Waals surface area (Å²) in [5.74, 6) is -2.91. The number of fused-ring (bicyclic) bond motifs is 2. The van der Waals surface area contributed by atoms with E-state index >= 15 is 0 Å². The topological polar surface area (TPSA) is 114 Å². The zero-order valence-corrected chi connectivity index (χ0v) is 30.5. The van der Waals surface area contributed by atoms with Crippen LogP contribution in [0, 0.1) is 11.6 Å². The van der Waals surface area contributed by atoms with Crippen LogP contribution in [0.4, 0.5) is 20.2 Å². The van der Waals surface area contributed by atoms with Crippen LogP contribution in [-0.2, 0) is 13.1 Å². The van der Waals surface area contributed by atoms with E-state index < -0.39 is 11.9 Å². The van der Waals surface area contributed by atoms with Gasteiger partial charge >= 0.3 is 11.9 Å². The molecule has 2 aromatic heterocycles. The van der Waals surface area contributed by atoms with Crippen molar-refractivity contribution in [3.8, 4) is 0 Å². The molecular formula is C40H36Cl2F2N4O6. The summed E-state index contributed by atoms with van der Waals surface area (Å²) >= 11 is 13.1. The van der Waals surface area contributed by atoms with E-state index in [2.05, 4.69) is 19.6 Å². The lowest BCUT2D eigenvalue weighted by atomic mass is 10.1. The molecule has 6 aromatic rings. The van der Waals surface area contributed by atoms with Crippen molar-refractivity contribution in [3.05, 3.63) is 129 Å². The van der Waals surface area contributed by atoms with Gasteiger partial charge in [0.05, 0.1) is 21.4 Å². The molecule has 0 radical (unpaired) electrons. The highest BCUT2D eigenvalue weighted by Crippen LogP contribution is 2.37. The maximum absolute atomic E-state index is 13.3. The summed E-state index contributed by atoms with van der Waals surface area (Å²) in [5.41, 5.74) is 4.73. The molecule has 0 amide bonds. The van der Waals surface area contributed by atoms with Gasteiger partial charge in [-0.2, -0.15) is 0 Å². The normalized spacial score (nSPS) is 15.4. The minimum Gasteiger partial charge on any atom is -0.475 e. The summed E-state index contributed by atoms with van der Waals surface area (Å²) in [6, 6.07) is 23.4.